The molecule has 0 saturated heterocycles. The Hall–Kier alpha value is -1.22. The third kappa shape index (κ3) is 11.1. The van der Waals surface area contributed by atoms with Crippen LogP contribution in [0.2, 0.25) is 0 Å². The van der Waals surface area contributed by atoms with E-state index in [4.69, 9.17) is 5.11 Å². The summed E-state index contributed by atoms with van der Waals surface area (Å²) in [4.78, 5) is 0. The number of rotatable bonds is 15. The molecule has 0 amide bonds. The second kappa shape index (κ2) is 14.0. The summed E-state index contributed by atoms with van der Waals surface area (Å²) < 4.78 is 0. The topological polar surface area (TPSA) is 44.3 Å². The van der Waals surface area contributed by atoms with E-state index in [9.17, 15) is 0 Å². The first-order valence-electron chi connectivity index (χ1n) is 10.1. The smallest absolute Gasteiger partial charge is 0.0615 e. The normalized spacial score (nSPS) is 15.8. The van der Waals surface area contributed by atoms with E-state index in [-0.39, 0.29) is 12.1 Å². The lowest BCUT2D eigenvalue weighted by molar-refractivity contribution is 0.291. The van der Waals surface area contributed by atoms with Gasteiger partial charge in [0, 0.05) is 12.1 Å². The molecule has 25 heavy (non-hydrogen) atoms. The van der Waals surface area contributed by atoms with Crippen LogP contribution in [0, 0.1) is 5.92 Å². The molecule has 3 N–H and O–H groups in total. The molecule has 0 saturated carbocycles. The van der Waals surface area contributed by atoms with Crippen LogP contribution in [0.3, 0.4) is 0 Å². The Morgan fingerprint density at radius 3 is 2.48 bits per heavy atom. The molecule has 0 rings (SSSR count). The summed E-state index contributed by atoms with van der Waals surface area (Å²) >= 11 is 0. The molecule has 0 aliphatic heterocycles. The lowest BCUT2D eigenvalue weighted by atomic mass is 9.86. The molecule has 0 aliphatic carbocycles. The van der Waals surface area contributed by atoms with Crippen molar-refractivity contribution in [3.8, 4) is 0 Å². The van der Waals surface area contributed by atoms with E-state index in [0.29, 0.717) is 5.92 Å². The number of unbranched alkanes of at least 4 members (excludes halogenated alkanes) is 3. The van der Waals surface area contributed by atoms with Crippen LogP contribution in [0.4, 0.5) is 0 Å². The molecule has 0 radical (unpaired) electrons. The number of aliphatic hydroxyl groups is 1. The van der Waals surface area contributed by atoms with Gasteiger partial charge in [0.05, 0.1) is 18.0 Å². The Morgan fingerprint density at radius 2 is 1.92 bits per heavy atom. The first kappa shape index (κ1) is 23.8. The third-order valence-corrected chi connectivity index (χ3v) is 4.91. The van der Waals surface area contributed by atoms with Crippen LogP contribution < -0.4 is 10.6 Å². The van der Waals surface area contributed by atoms with Crippen LogP contribution in [0.15, 0.2) is 36.2 Å². The fourth-order valence-electron chi connectivity index (χ4n) is 2.85. The lowest BCUT2D eigenvalue weighted by Crippen LogP contribution is -2.44. The molecule has 2 atom stereocenters. The number of hydrogen-bond donors (Lipinski definition) is 3. The van der Waals surface area contributed by atoms with Crippen LogP contribution in [0.5, 0.6) is 0 Å². The van der Waals surface area contributed by atoms with E-state index >= 15 is 0 Å². The summed E-state index contributed by atoms with van der Waals surface area (Å²) in [5.41, 5.74) is 2.00. The minimum Gasteiger partial charge on any atom is -0.392 e. The highest BCUT2D eigenvalue weighted by Crippen LogP contribution is 2.24. The summed E-state index contributed by atoms with van der Waals surface area (Å²) in [5, 5.41) is 16.2. The van der Waals surface area contributed by atoms with Gasteiger partial charge in [-0.05, 0) is 38.2 Å². The van der Waals surface area contributed by atoms with E-state index in [2.05, 4.69) is 51.8 Å². The molecule has 0 aromatic carbocycles. The van der Waals surface area contributed by atoms with Crippen LogP contribution in [-0.2, 0) is 0 Å². The van der Waals surface area contributed by atoms with Crippen molar-refractivity contribution in [3.05, 3.63) is 36.2 Å². The molecule has 0 aromatic heterocycles. The number of nitrogens with one attached hydrogen (secondary N) is 2. The molecule has 3 heteroatoms. The van der Waals surface area contributed by atoms with Crippen molar-refractivity contribution >= 4 is 0 Å². The Balaban J connectivity index is 4.93. The lowest BCUT2D eigenvalue weighted by Gasteiger charge is -2.35. The summed E-state index contributed by atoms with van der Waals surface area (Å²) in [6, 6.07) is 0. The summed E-state index contributed by atoms with van der Waals surface area (Å²) in [7, 11) is 0. The van der Waals surface area contributed by atoms with E-state index in [1.165, 1.54) is 32.1 Å². The Labute approximate surface area is 156 Å². The molecule has 0 fully saturated rings. The molecule has 3 nitrogen and oxygen atoms in total. The second-order valence-electron chi connectivity index (χ2n) is 7.41. The van der Waals surface area contributed by atoms with Gasteiger partial charge in [-0.25, -0.2) is 0 Å². The standard InChI is InChI=1S/C22H42N2O/c1-7-10-11-13-16-23-20(5)21(15-12-14-17-25)24-22(6,9-3)18-19(4)8-2/h12,14-15,19,23-25H,5,7-11,13,16-18H2,1-4,6H3/b14-12+,21-15+. The van der Waals surface area contributed by atoms with Gasteiger partial charge in [-0.1, -0.05) is 72.1 Å². The van der Waals surface area contributed by atoms with Gasteiger partial charge in [0.2, 0.25) is 0 Å². The predicted molar refractivity (Wildman–Crippen MR) is 111 cm³/mol. The van der Waals surface area contributed by atoms with Gasteiger partial charge in [0.1, 0.15) is 0 Å². The molecular weight excluding hydrogens is 308 g/mol. The van der Waals surface area contributed by atoms with E-state index < -0.39 is 0 Å². The maximum absolute atomic E-state index is 9.00. The fourth-order valence-corrected chi connectivity index (χ4v) is 2.85. The van der Waals surface area contributed by atoms with Gasteiger partial charge in [-0.3, -0.25) is 0 Å². The van der Waals surface area contributed by atoms with Gasteiger partial charge < -0.3 is 15.7 Å². The van der Waals surface area contributed by atoms with Crippen LogP contribution in [-0.4, -0.2) is 23.8 Å². The molecular formula is C22H42N2O. The zero-order valence-electron chi connectivity index (χ0n) is 17.3. The van der Waals surface area contributed by atoms with Gasteiger partial charge >= 0.3 is 0 Å². The maximum Gasteiger partial charge on any atom is 0.0615 e. The molecule has 0 spiro atoms. The van der Waals surface area contributed by atoms with Gasteiger partial charge in [-0.15, -0.1) is 0 Å². The third-order valence-electron chi connectivity index (χ3n) is 4.91. The Morgan fingerprint density at radius 1 is 1.20 bits per heavy atom. The van der Waals surface area contributed by atoms with Crippen molar-refractivity contribution in [1.82, 2.24) is 10.6 Å². The second-order valence-corrected chi connectivity index (χ2v) is 7.41. The van der Waals surface area contributed by atoms with Crippen molar-refractivity contribution in [3.63, 3.8) is 0 Å². The van der Waals surface area contributed by atoms with Crippen LogP contribution >= 0.6 is 0 Å². The fraction of sp³-hybridized carbons (Fsp3) is 0.727. The zero-order chi connectivity index (χ0) is 19.1. The summed E-state index contributed by atoms with van der Waals surface area (Å²) in [6.45, 7) is 16.6. The first-order valence-corrected chi connectivity index (χ1v) is 10.1. The van der Waals surface area contributed by atoms with Gasteiger partial charge in [-0.2, -0.15) is 0 Å². The maximum atomic E-state index is 9.00. The van der Waals surface area contributed by atoms with Crippen molar-refractivity contribution < 1.29 is 5.11 Å². The first-order chi connectivity index (χ1) is 11.9. The van der Waals surface area contributed by atoms with Crippen molar-refractivity contribution in [2.24, 2.45) is 5.92 Å². The Bertz CT molecular complexity index is 414. The molecule has 2 unspecified atom stereocenters. The molecule has 0 bridgehead atoms. The van der Waals surface area contributed by atoms with Gasteiger partial charge in [0.15, 0.2) is 0 Å². The SMILES string of the molecule is C=C(NCCCCCC)/C(=C\C=C\CO)NC(C)(CC)CC(C)CC. The number of hydrogen-bond acceptors (Lipinski definition) is 3. The van der Waals surface area contributed by atoms with Gasteiger partial charge in [0.25, 0.3) is 0 Å². The average Bonchev–Trinajstić information content (AvgIpc) is 2.60. The molecule has 146 valence electrons. The zero-order valence-corrected chi connectivity index (χ0v) is 17.3. The number of aliphatic hydroxyl groups excluding tert-OH is 1. The van der Waals surface area contributed by atoms with Crippen LogP contribution in [0.1, 0.15) is 79.6 Å². The molecule has 0 heterocycles. The van der Waals surface area contributed by atoms with Crippen molar-refractivity contribution in [2.75, 3.05) is 13.2 Å². The minimum atomic E-state index is 0.0428. The quantitative estimate of drug-likeness (QED) is 0.277. The van der Waals surface area contributed by atoms with Crippen molar-refractivity contribution in [1.29, 1.82) is 0 Å². The highest BCUT2D eigenvalue weighted by atomic mass is 16.2. The monoisotopic (exact) mass is 350 g/mol. The van der Waals surface area contributed by atoms with Crippen molar-refractivity contribution in [2.45, 2.75) is 85.1 Å². The highest BCUT2D eigenvalue weighted by Gasteiger charge is 2.25. The molecule has 0 aromatic rings. The Kier molecular flexibility index (Phi) is 13.3. The summed E-state index contributed by atoms with van der Waals surface area (Å²) in [6.07, 6.45) is 14.0. The average molecular weight is 351 g/mol. The summed E-state index contributed by atoms with van der Waals surface area (Å²) in [5.74, 6) is 0.682. The predicted octanol–water partition coefficient (Wildman–Crippen LogP) is 5.30. The van der Waals surface area contributed by atoms with E-state index in [0.717, 1.165) is 30.8 Å². The molecule has 0 aliphatic rings. The number of allylic oxidation sites excluding steroid dienone is 2. The minimum absolute atomic E-state index is 0.0428. The highest BCUT2D eigenvalue weighted by molar-refractivity contribution is 5.30. The largest absolute Gasteiger partial charge is 0.392 e. The van der Waals surface area contributed by atoms with Crippen LogP contribution in [0.25, 0.3) is 0 Å². The van der Waals surface area contributed by atoms with E-state index in [1.54, 1.807) is 6.08 Å². The van der Waals surface area contributed by atoms with E-state index in [1.807, 2.05) is 12.2 Å².